The first-order valence-corrected chi connectivity index (χ1v) is 15.7. The zero-order valence-electron chi connectivity index (χ0n) is 24.8. The van der Waals surface area contributed by atoms with Gasteiger partial charge in [-0.2, -0.15) is 0 Å². The van der Waals surface area contributed by atoms with Crippen LogP contribution in [0.5, 0.6) is 0 Å². The molecule has 0 unspecified atom stereocenters. The Balaban J connectivity index is 0.00000138. The predicted octanol–water partition coefficient (Wildman–Crippen LogP) is 8.60. The number of imidazole rings is 2. The maximum atomic E-state index is 6.40. The van der Waals surface area contributed by atoms with Crippen LogP contribution in [0.3, 0.4) is 0 Å². The van der Waals surface area contributed by atoms with Crippen LogP contribution >= 0.6 is 61.0 Å². The van der Waals surface area contributed by atoms with Gasteiger partial charge < -0.3 is 21.4 Å². The molecule has 0 saturated heterocycles. The fourth-order valence-corrected chi connectivity index (χ4v) is 7.02. The molecule has 2 aromatic carbocycles. The van der Waals surface area contributed by atoms with Gasteiger partial charge in [0.1, 0.15) is 23.3 Å². The number of hydrogen-bond donors (Lipinski definition) is 4. The molecule has 2 saturated carbocycles. The summed E-state index contributed by atoms with van der Waals surface area (Å²) < 4.78 is 0. The minimum atomic E-state index is 0. The number of halogens is 4. The highest BCUT2D eigenvalue weighted by molar-refractivity contribution is 7.18. The zero-order valence-corrected chi connectivity index (χ0v) is 28.9. The fourth-order valence-electron chi connectivity index (χ4n) is 6.13. The van der Waals surface area contributed by atoms with Crippen molar-refractivity contribution in [2.75, 3.05) is 0 Å². The predicted molar refractivity (Wildman–Crippen MR) is 199 cm³/mol. The highest BCUT2D eigenvalue weighted by atomic mass is 35.5. The lowest BCUT2D eigenvalue weighted by atomic mass is 9.96. The standard InChI is InChI=1S/C32H36N8S.4ClH/c33-29(35-21-7-3-1-4-8-21)19-11-13-23-25(17-19)39-31(37-23)27-15-16-28(41-27)32-38-24-14-12-20(18-26(24)40-32)30(34)36-22-9-5-2-6-10-22;;;;/h11-18,21-22H,1-10H2,(H2,33,35)(H2,34,36)(H,37,39)(H,38,40);4*1H. The topological polar surface area (TPSA) is 134 Å². The lowest BCUT2D eigenvalue weighted by molar-refractivity contribution is 0.443. The lowest BCUT2D eigenvalue weighted by Gasteiger charge is -2.18. The summed E-state index contributed by atoms with van der Waals surface area (Å²) in [5.74, 6) is 2.90. The molecule has 2 fully saturated rings. The average molecular weight is 711 g/mol. The first-order valence-electron chi connectivity index (χ1n) is 14.9. The number of fused-ring (bicyclic) bond motifs is 2. The van der Waals surface area contributed by atoms with E-state index in [0.29, 0.717) is 23.8 Å². The molecule has 8 nitrogen and oxygen atoms in total. The van der Waals surface area contributed by atoms with Crippen molar-refractivity contribution in [2.45, 2.75) is 76.3 Å². The molecule has 5 aromatic rings. The number of nitrogens with two attached hydrogens (primary N) is 2. The Morgan fingerprint density at radius 2 is 1.00 bits per heavy atom. The molecule has 2 aliphatic rings. The van der Waals surface area contributed by atoms with Gasteiger partial charge in [0.25, 0.3) is 0 Å². The molecule has 7 rings (SSSR count). The van der Waals surface area contributed by atoms with E-state index >= 15 is 0 Å². The molecule has 3 aromatic heterocycles. The number of hydrogen-bond acceptors (Lipinski definition) is 5. The number of benzene rings is 2. The van der Waals surface area contributed by atoms with Crippen LogP contribution in [-0.2, 0) is 0 Å². The molecule has 0 bridgehead atoms. The van der Waals surface area contributed by atoms with Crippen molar-refractivity contribution in [3.8, 4) is 21.4 Å². The zero-order chi connectivity index (χ0) is 27.8. The van der Waals surface area contributed by atoms with E-state index in [1.54, 1.807) is 11.3 Å². The Kier molecular flexibility index (Phi) is 13.1. The van der Waals surface area contributed by atoms with Crippen LogP contribution in [0.4, 0.5) is 0 Å². The van der Waals surface area contributed by atoms with Crippen molar-refractivity contribution in [2.24, 2.45) is 21.5 Å². The minimum Gasteiger partial charge on any atom is -0.383 e. The maximum absolute atomic E-state index is 6.40. The molecule has 0 amide bonds. The normalized spacial score (nSPS) is 16.4. The monoisotopic (exact) mass is 708 g/mol. The first kappa shape index (κ1) is 36.6. The Hall–Kier alpha value is -2.82. The van der Waals surface area contributed by atoms with E-state index < -0.39 is 0 Å². The third-order valence-electron chi connectivity index (χ3n) is 8.42. The van der Waals surface area contributed by atoms with Gasteiger partial charge in [0.05, 0.1) is 43.9 Å². The highest BCUT2D eigenvalue weighted by Gasteiger charge is 2.16. The van der Waals surface area contributed by atoms with E-state index in [0.717, 1.165) is 80.3 Å². The number of nitrogens with one attached hydrogen (secondary N) is 2. The Labute approximate surface area is 292 Å². The van der Waals surface area contributed by atoms with E-state index in [-0.39, 0.29) is 49.6 Å². The second kappa shape index (κ2) is 16.1. The van der Waals surface area contributed by atoms with Crippen molar-refractivity contribution >= 4 is 94.7 Å². The van der Waals surface area contributed by atoms with Crippen LogP contribution < -0.4 is 11.5 Å². The van der Waals surface area contributed by atoms with E-state index in [1.807, 2.05) is 24.3 Å². The fraction of sp³-hybridized carbons (Fsp3) is 0.375. The van der Waals surface area contributed by atoms with Gasteiger partial charge in [-0.1, -0.05) is 38.5 Å². The molecule has 242 valence electrons. The van der Waals surface area contributed by atoms with E-state index in [2.05, 4.69) is 34.2 Å². The molecule has 2 aliphatic carbocycles. The second-order valence-electron chi connectivity index (χ2n) is 11.4. The van der Waals surface area contributed by atoms with Gasteiger partial charge in [-0.05, 0) is 74.2 Å². The van der Waals surface area contributed by atoms with Crippen LogP contribution in [0.25, 0.3) is 43.5 Å². The molecular formula is C32H40Cl4N8S. The summed E-state index contributed by atoms with van der Waals surface area (Å²) in [7, 11) is 0. The quantitative estimate of drug-likeness (QED) is 0.104. The number of aliphatic imine (C=N–C) groups is 2. The third kappa shape index (κ3) is 8.13. The summed E-state index contributed by atoms with van der Waals surface area (Å²) in [6.45, 7) is 0. The van der Waals surface area contributed by atoms with Crippen molar-refractivity contribution in [3.05, 3.63) is 59.7 Å². The SMILES string of the molecule is Cl.Cl.Cl.Cl.NC(=NC1CCCCC1)c1ccc2nc(-c3ccc(-c4nc5ccc(C(N)=NC6CCCCC6)cc5[nH]4)s3)[nH]c2c1. The molecular weight excluding hydrogens is 670 g/mol. The Morgan fingerprint density at radius 1 is 0.600 bits per heavy atom. The van der Waals surface area contributed by atoms with Gasteiger partial charge in [0.2, 0.25) is 0 Å². The van der Waals surface area contributed by atoms with E-state index in [1.165, 1.54) is 38.5 Å². The number of aromatic nitrogens is 4. The summed E-state index contributed by atoms with van der Waals surface area (Å²) in [4.78, 5) is 28.4. The number of aromatic amines is 2. The van der Waals surface area contributed by atoms with Gasteiger partial charge >= 0.3 is 0 Å². The molecule has 0 aliphatic heterocycles. The Bertz CT molecular complexity index is 1640. The van der Waals surface area contributed by atoms with Gasteiger partial charge in [0, 0.05) is 11.1 Å². The van der Waals surface area contributed by atoms with Crippen molar-refractivity contribution in [1.29, 1.82) is 0 Å². The van der Waals surface area contributed by atoms with Crippen LogP contribution in [0.1, 0.15) is 75.3 Å². The summed E-state index contributed by atoms with van der Waals surface area (Å²) in [6, 6.07) is 17.1. The first-order chi connectivity index (χ1) is 20.1. The smallest absolute Gasteiger partial charge is 0.148 e. The van der Waals surface area contributed by atoms with Crippen molar-refractivity contribution in [3.63, 3.8) is 0 Å². The Morgan fingerprint density at radius 3 is 1.40 bits per heavy atom. The summed E-state index contributed by atoms with van der Waals surface area (Å²) in [6.07, 6.45) is 12.1. The lowest BCUT2D eigenvalue weighted by Crippen LogP contribution is -2.19. The summed E-state index contributed by atoms with van der Waals surface area (Å²) in [5, 5.41) is 0. The van der Waals surface area contributed by atoms with E-state index in [4.69, 9.17) is 31.4 Å². The summed E-state index contributed by atoms with van der Waals surface area (Å²) in [5.41, 5.74) is 18.4. The highest BCUT2D eigenvalue weighted by Crippen LogP contribution is 2.34. The van der Waals surface area contributed by atoms with E-state index in [9.17, 15) is 0 Å². The number of nitrogens with zero attached hydrogens (tertiary/aromatic N) is 4. The van der Waals surface area contributed by atoms with Crippen LogP contribution in [0.2, 0.25) is 0 Å². The van der Waals surface area contributed by atoms with Gasteiger partial charge in [-0.3, -0.25) is 9.98 Å². The molecule has 0 radical (unpaired) electrons. The average Bonchev–Trinajstić information content (AvgIpc) is 3.75. The molecule has 3 heterocycles. The van der Waals surface area contributed by atoms with Crippen molar-refractivity contribution < 1.29 is 0 Å². The molecule has 6 N–H and O–H groups in total. The number of thiophene rings is 1. The van der Waals surface area contributed by atoms with Gasteiger partial charge in [-0.15, -0.1) is 61.0 Å². The summed E-state index contributed by atoms with van der Waals surface area (Å²) >= 11 is 1.65. The van der Waals surface area contributed by atoms with Crippen LogP contribution in [0, 0.1) is 0 Å². The number of amidine groups is 2. The molecule has 13 heteroatoms. The minimum absolute atomic E-state index is 0. The van der Waals surface area contributed by atoms with Crippen LogP contribution in [-0.4, -0.2) is 43.7 Å². The van der Waals surface area contributed by atoms with Crippen molar-refractivity contribution in [1.82, 2.24) is 19.9 Å². The second-order valence-corrected chi connectivity index (χ2v) is 12.5. The molecule has 45 heavy (non-hydrogen) atoms. The largest absolute Gasteiger partial charge is 0.383 e. The molecule has 0 atom stereocenters. The van der Waals surface area contributed by atoms with Crippen LogP contribution in [0.15, 0.2) is 58.5 Å². The maximum Gasteiger partial charge on any atom is 0.148 e. The van der Waals surface area contributed by atoms with Gasteiger partial charge in [-0.25, -0.2) is 9.97 Å². The molecule has 0 spiro atoms. The number of rotatable bonds is 6. The van der Waals surface area contributed by atoms with Gasteiger partial charge in [0.15, 0.2) is 0 Å². The third-order valence-corrected chi connectivity index (χ3v) is 9.52. The number of H-pyrrole nitrogens is 2.